The van der Waals surface area contributed by atoms with Crippen LogP contribution in [0.5, 0.6) is 0 Å². The molecule has 0 radical (unpaired) electrons. The molecule has 0 aromatic carbocycles. The molecule has 0 aliphatic heterocycles. The van der Waals surface area contributed by atoms with Crippen molar-refractivity contribution in [2.24, 2.45) is 5.92 Å². The van der Waals surface area contributed by atoms with Gasteiger partial charge in [0.25, 0.3) is 0 Å². The van der Waals surface area contributed by atoms with Crippen molar-refractivity contribution in [1.82, 2.24) is 15.5 Å². The quantitative estimate of drug-likeness (QED) is 0.802. The van der Waals surface area contributed by atoms with Gasteiger partial charge in [0.15, 0.2) is 0 Å². The van der Waals surface area contributed by atoms with E-state index >= 15 is 0 Å². The van der Waals surface area contributed by atoms with E-state index in [0.29, 0.717) is 11.0 Å². The van der Waals surface area contributed by atoms with Crippen LogP contribution in [-0.4, -0.2) is 22.0 Å². The van der Waals surface area contributed by atoms with Gasteiger partial charge in [-0.15, -0.1) is 21.5 Å². The third-order valence-electron chi connectivity index (χ3n) is 2.95. The predicted molar refractivity (Wildman–Crippen MR) is 92.6 cm³/mol. The second-order valence-electron chi connectivity index (χ2n) is 5.62. The van der Waals surface area contributed by atoms with Crippen molar-refractivity contribution < 1.29 is 9.59 Å². The highest BCUT2D eigenvalue weighted by Crippen LogP contribution is 2.23. The zero-order chi connectivity index (χ0) is 16.8. The molecule has 0 aliphatic carbocycles. The maximum absolute atomic E-state index is 12.2. The number of hydrogen-bond donors (Lipinski definition) is 2. The molecule has 0 aliphatic rings. The second-order valence-corrected chi connectivity index (χ2v) is 7.66. The minimum atomic E-state index is -0.324. The summed E-state index contributed by atoms with van der Waals surface area (Å²) >= 11 is 2.90. The van der Waals surface area contributed by atoms with Crippen LogP contribution in [0.2, 0.25) is 0 Å². The molecule has 0 spiro atoms. The fourth-order valence-electron chi connectivity index (χ4n) is 2.05. The van der Waals surface area contributed by atoms with Crippen LogP contribution in [0.15, 0.2) is 17.5 Å². The van der Waals surface area contributed by atoms with Crippen LogP contribution in [0, 0.1) is 5.92 Å². The number of rotatable bonds is 7. The van der Waals surface area contributed by atoms with Crippen molar-refractivity contribution in [3.05, 3.63) is 27.4 Å². The van der Waals surface area contributed by atoms with Gasteiger partial charge < -0.3 is 10.6 Å². The van der Waals surface area contributed by atoms with E-state index in [2.05, 4.69) is 34.7 Å². The average Bonchev–Trinajstić information content (AvgIpc) is 3.08. The van der Waals surface area contributed by atoms with Crippen LogP contribution < -0.4 is 10.6 Å². The Labute approximate surface area is 143 Å². The summed E-state index contributed by atoms with van der Waals surface area (Å²) in [6.07, 6.45) is 1.01. The highest BCUT2D eigenvalue weighted by Gasteiger charge is 2.19. The van der Waals surface area contributed by atoms with E-state index in [9.17, 15) is 9.59 Å². The molecule has 0 fully saturated rings. The predicted octanol–water partition coefficient (Wildman–Crippen LogP) is 3.00. The number of nitrogens with one attached hydrogen (secondary N) is 2. The molecule has 2 amide bonds. The van der Waals surface area contributed by atoms with Gasteiger partial charge in [-0.1, -0.05) is 31.3 Å². The van der Waals surface area contributed by atoms with E-state index in [0.717, 1.165) is 16.3 Å². The highest BCUT2D eigenvalue weighted by molar-refractivity contribution is 7.15. The van der Waals surface area contributed by atoms with Crippen molar-refractivity contribution >= 4 is 39.6 Å². The van der Waals surface area contributed by atoms with Crippen LogP contribution in [0.3, 0.4) is 0 Å². The normalized spacial score (nSPS) is 12.2. The molecule has 0 unspecified atom stereocenters. The maximum Gasteiger partial charge on any atom is 0.228 e. The summed E-state index contributed by atoms with van der Waals surface area (Å²) in [5.41, 5.74) is 0. The molecule has 8 heteroatoms. The van der Waals surface area contributed by atoms with Gasteiger partial charge >= 0.3 is 0 Å². The Morgan fingerprint density at radius 1 is 1.30 bits per heavy atom. The Kier molecular flexibility index (Phi) is 6.23. The average molecular weight is 352 g/mol. The van der Waals surface area contributed by atoms with E-state index in [-0.39, 0.29) is 24.3 Å². The molecule has 0 saturated carbocycles. The molecule has 2 heterocycles. The molecule has 6 nitrogen and oxygen atoms in total. The molecule has 0 saturated heterocycles. The Hall–Kier alpha value is -1.80. The Morgan fingerprint density at radius 2 is 2.09 bits per heavy atom. The molecule has 2 aromatic heterocycles. The molecule has 2 aromatic rings. The van der Waals surface area contributed by atoms with Gasteiger partial charge in [0.1, 0.15) is 5.01 Å². The van der Waals surface area contributed by atoms with Gasteiger partial charge in [0.2, 0.25) is 16.9 Å². The third-order valence-corrected chi connectivity index (χ3v) is 4.80. The largest absolute Gasteiger partial charge is 0.348 e. The lowest BCUT2D eigenvalue weighted by molar-refractivity contribution is -0.120. The van der Waals surface area contributed by atoms with E-state index in [1.165, 1.54) is 29.6 Å². The van der Waals surface area contributed by atoms with Gasteiger partial charge in [-0.05, 0) is 17.4 Å². The van der Waals surface area contributed by atoms with Crippen LogP contribution in [-0.2, 0) is 16.0 Å². The summed E-state index contributed by atoms with van der Waals surface area (Å²) in [7, 11) is 0. The molecule has 0 bridgehead atoms. The Bertz CT molecular complexity index is 652. The zero-order valence-electron chi connectivity index (χ0n) is 13.3. The van der Waals surface area contributed by atoms with Crippen molar-refractivity contribution in [3.63, 3.8) is 0 Å². The molecule has 23 heavy (non-hydrogen) atoms. The van der Waals surface area contributed by atoms with E-state index in [4.69, 9.17) is 0 Å². The number of nitrogens with zero attached hydrogens (tertiary/aromatic N) is 2. The van der Waals surface area contributed by atoms with Crippen LogP contribution in [0.4, 0.5) is 5.13 Å². The first-order valence-corrected chi connectivity index (χ1v) is 9.06. The van der Waals surface area contributed by atoms with Crippen molar-refractivity contribution in [3.8, 4) is 0 Å². The minimum absolute atomic E-state index is 0.161. The smallest absolute Gasteiger partial charge is 0.228 e. The van der Waals surface area contributed by atoms with E-state index in [1.54, 1.807) is 0 Å². The number of aromatic nitrogens is 2. The molecule has 124 valence electrons. The van der Waals surface area contributed by atoms with Gasteiger partial charge in [-0.25, -0.2) is 0 Å². The van der Waals surface area contributed by atoms with Crippen molar-refractivity contribution in [2.75, 3.05) is 5.32 Å². The first kappa shape index (κ1) is 17.6. The summed E-state index contributed by atoms with van der Waals surface area (Å²) in [5, 5.41) is 17.0. The molecular formula is C15H20N4O2S2. The fourth-order valence-corrected chi connectivity index (χ4v) is 3.80. The highest BCUT2D eigenvalue weighted by atomic mass is 32.1. The molecule has 2 rings (SSSR count). The van der Waals surface area contributed by atoms with Crippen LogP contribution in [0.25, 0.3) is 0 Å². The summed E-state index contributed by atoms with van der Waals surface area (Å²) < 4.78 is 0. The standard InChI is InChI=1S/C15H20N4O2S2/c1-9(2)7-14-18-19-15(23-14)17-13(21)8-11(16-10(3)20)12-5-4-6-22-12/h4-6,9,11H,7-8H2,1-3H3,(H,16,20)(H,17,19,21)/t11-/m0/s1. The summed E-state index contributed by atoms with van der Waals surface area (Å²) in [5.74, 6) is 0.144. The third kappa shape index (κ3) is 5.72. The van der Waals surface area contributed by atoms with Gasteiger partial charge in [-0.2, -0.15) is 0 Å². The minimum Gasteiger partial charge on any atom is -0.348 e. The number of hydrogen-bond acceptors (Lipinski definition) is 6. The summed E-state index contributed by atoms with van der Waals surface area (Å²) in [6.45, 7) is 5.67. The topological polar surface area (TPSA) is 84.0 Å². The van der Waals surface area contributed by atoms with Crippen molar-refractivity contribution in [2.45, 2.75) is 39.7 Å². The van der Waals surface area contributed by atoms with E-state index < -0.39 is 0 Å². The van der Waals surface area contributed by atoms with Gasteiger partial charge in [0, 0.05) is 18.2 Å². The lowest BCUT2D eigenvalue weighted by Gasteiger charge is -2.15. The van der Waals surface area contributed by atoms with Crippen LogP contribution in [0.1, 0.15) is 43.1 Å². The van der Waals surface area contributed by atoms with E-state index in [1.807, 2.05) is 17.5 Å². The lowest BCUT2D eigenvalue weighted by Crippen LogP contribution is -2.29. The second kappa shape index (κ2) is 8.16. The first-order valence-electron chi connectivity index (χ1n) is 7.36. The fraction of sp³-hybridized carbons (Fsp3) is 0.467. The number of anilines is 1. The zero-order valence-corrected chi connectivity index (χ0v) is 15.0. The molecule has 2 N–H and O–H groups in total. The van der Waals surface area contributed by atoms with Crippen molar-refractivity contribution in [1.29, 1.82) is 0 Å². The number of thiophene rings is 1. The number of carbonyl (C=O) groups excluding carboxylic acids is 2. The lowest BCUT2D eigenvalue weighted by atomic mass is 10.1. The summed E-state index contributed by atoms with van der Waals surface area (Å²) in [4.78, 5) is 24.5. The van der Waals surface area contributed by atoms with Gasteiger partial charge in [0.05, 0.1) is 12.5 Å². The molecule has 1 atom stereocenters. The SMILES string of the molecule is CC(=O)N[C@@H](CC(=O)Nc1nnc(CC(C)C)s1)c1cccs1. The Balaban J connectivity index is 1.96. The molecular weight excluding hydrogens is 332 g/mol. The van der Waals surface area contributed by atoms with Crippen LogP contribution >= 0.6 is 22.7 Å². The number of amides is 2. The monoisotopic (exact) mass is 352 g/mol. The maximum atomic E-state index is 12.2. The summed E-state index contributed by atoms with van der Waals surface area (Å²) in [6, 6.07) is 3.48. The van der Waals surface area contributed by atoms with Gasteiger partial charge in [-0.3, -0.25) is 9.59 Å². The number of carbonyl (C=O) groups is 2. The Morgan fingerprint density at radius 3 is 2.70 bits per heavy atom. The first-order chi connectivity index (χ1) is 10.9.